The fraction of sp³-hybridized carbons (Fsp3) is 0.750. The summed E-state index contributed by atoms with van der Waals surface area (Å²) in [5, 5.41) is 0. The molecule has 0 saturated heterocycles. The largest absolute Gasteiger partial charge is 0.0733 e. The van der Waals surface area contributed by atoms with Crippen LogP contribution >= 0.6 is 0 Å². The van der Waals surface area contributed by atoms with Gasteiger partial charge in [0.25, 0.3) is 0 Å². The molecule has 0 rings (SSSR count). The molecule has 0 aliphatic heterocycles. The summed E-state index contributed by atoms with van der Waals surface area (Å²) in [7, 11) is 0. The Hall–Kier alpha value is -0.520. The van der Waals surface area contributed by atoms with Gasteiger partial charge in [-0.2, -0.15) is 0 Å². The Bertz CT molecular complexity index is 198. The Morgan fingerprint density at radius 1 is 1.06 bits per heavy atom. The summed E-state index contributed by atoms with van der Waals surface area (Å²) in [4.78, 5) is 0. The van der Waals surface area contributed by atoms with Crippen LogP contribution in [0.5, 0.6) is 0 Å². The zero-order valence-corrected chi connectivity index (χ0v) is 11.6. The maximum absolute atomic E-state index is 5.35. The molecule has 16 heavy (non-hydrogen) atoms. The van der Waals surface area contributed by atoms with Gasteiger partial charge in [0.15, 0.2) is 0 Å². The van der Waals surface area contributed by atoms with Gasteiger partial charge in [0.1, 0.15) is 0 Å². The first-order valence-electron chi connectivity index (χ1n) is 6.77. The van der Waals surface area contributed by atoms with Crippen molar-refractivity contribution in [2.45, 2.75) is 66.2 Å². The second-order valence-electron chi connectivity index (χ2n) is 5.53. The van der Waals surface area contributed by atoms with Gasteiger partial charge in [-0.25, -0.2) is 0 Å². The van der Waals surface area contributed by atoms with Crippen molar-refractivity contribution in [1.29, 1.82) is 0 Å². The van der Waals surface area contributed by atoms with E-state index < -0.39 is 0 Å². The van der Waals surface area contributed by atoms with Gasteiger partial charge in [-0.1, -0.05) is 70.8 Å². The highest BCUT2D eigenvalue weighted by Crippen LogP contribution is 2.18. The Morgan fingerprint density at radius 3 is 2.25 bits per heavy atom. The van der Waals surface area contributed by atoms with E-state index >= 15 is 0 Å². The third-order valence-electron chi connectivity index (χ3n) is 3.13. The van der Waals surface area contributed by atoms with Gasteiger partial charge < -0.3 is 0 Å². The van der Waals surface area contributed by atoms with Crippen molar-refractivity contribution in [2.75, 3.05) is 0 Å². The standard InChI is InChI=1S/C16H29/c1-6-9-15(4)12-8-13-16(5)11-7-10-14(2)3/h1,6,9,14,16H,7-8,10-13H2,2-5H3/b6-1?,15-9+. The molecule has 0 nitrogen and oxygen atoms in total. The van der Waals surface area contributed by atoms with Gasteiger partial charge >= 0.3 is 0 Å². The lowest BCUT2D eigenvalue weighted by molar-refractivity contribution is 0.427. The van der Waals surface area contributed by atoms with Gasteiger partial charge in [-0.3, -0.25) is 0 Å². The van der Waals surface area contributed by atoms with Crippen LogP contribution in [0.2, 0.25) is 0 Å². The lowest BCUT2D eigenvalue weighted by Crippen LogP contribution is -1.97. The first-order valence-corrected chi connectivity index (χ1v) is 6.77. The normalized spacial score (nSPS) is 14.2. The third-order valence-corrected chi connectivity index (χ3v) is 3.13. The molecule has 0 amide bonds. The van der Waals surface area contributed by atoms with Crippen molar-refractivity contribution in [3.63, 3.8) is 0 Å². The molecule has 0 heteroatoms. The lowest BCUT2D eigenvalue weighted by Gasteiger charge is -2.12. The summed E-state index contributed by atoms with van der Waals surface area (Å²) < 4.78 is 0. The van der Waals surface area contributed by atoms with Gasteiger partial charge in [-0.05, 0) is 31.6 Å². The highest BCUT2D eigenvalue weighted by atomic mass is 14.1. The minimum atomic E-state index is 0.859. The zero-order chi connectivity index (χ0) is 12.4. The van der Waals surface area contributed by atoms with E-state index in [-0.39, 0.29) is 0 Å². The van der Waals surface area contributed by atoms with Gasteiger partial charge in [0.2, 0.25) is 0 Å². The molecular weight excluding hydrogens is 192 g/mol. The van der Waals surface area contributed by atoms with E-state index in [1.54, 1.807) is 6.08 Å². The van der Waals surface area contributed by atoms with Crippen molar-refractivity contribution >= 4 is 0 Å². The summed E-state index contributed by atoms with van der Waals surface area (Å²) in [6, 6.07) is 0. The molecule has 0 aromatic carbocycles. The van der Waals surface area contributed by atoms with Crippen molar-refractivity contribution in [3.05, 3.63) is 24.3 Å². The second kappa shape index (κ2) is 9.69. The molecule has 1 atom stereocenters. The summed E-state index contributed by atoms with van der Waals surface area (Å²) in [5.74, 6) is 1.74. The maximum Gasteiger partial charge on any atom is -0.0320 e. The van der Waals surface area contributed by atoms with Crippen molar-refractivity contribution in [1.82, 2.24) is 0 Å². The summed E-state index contributed by atoms with van der Waals surface area (Å²) in [6.45, 7) is 14.5. The number of rotatable bonds is 9. The summed E-state index contributed by atoms with van der Waals surface area (Å²) >= 11 is 0. The SMILES string of the molecule is [CH]=C/C=C(\C)CCCC(C)CCCC(C)C. The first-order chi connectivity index (χ1) is 7.56. The van der Waals surface area contributed by atoms with E-state index in [9.17, 15) is 0 Å². The van der Waals surface area contributed by atoms with Crippen LogP contribution in [-0.4, -0.2) is 0 Å². The number of hydrogen-bond acceptors (Lipinski definition) is 0. The highest BCUT2D eigenvalue weighted by Gasteiger charge is 2.03. The van der Waals surface area contributed by atoms with Crippen LogP contribution in [0.3, 0.4) is 0 Å². The molecule has 0 saturated carbocycles. The molecule has 0 aromatic rings. The minimum absolute atomic E-state index is 0.859. The maximum atomic E-state index is 5.35. The third kappa shape index (κ3) is 10.0. The fourth-order valence-corrected chi connectivity index (χ4v) is 2.00. The van der Waals surface area contributed by atoms with Gasteiger partial charge in [0, 0.05) is 0 Å². The highest BCUT2D eigenvalue weighted by molar-refractivity contribution is 5.06. The molecule has 0 fully saturated rings. The summed E-state index contributed by atoms with van der Waals surface area (Å²) in [6.07, 6.45) is 11.7. The Morgan fingerprint density at radius 2 is 1.69 bits per heavy atom. The molecule has 0 N–H and O–H groups in total. The fourth-order valence-electron chi connectivity index (χ4n) is 2.00. The molecule has 0 heterocycles. The Labute approximate surface area is 103 Å². The van der Waals surface area contributed by atoms with Crippen LogP contribution in [-0.2, 0) is 0 Å². The average molecular weight is 221 g/mol. The van der Waals surface area contributed by atoms with Crippen LogP contribution < -0.4 is 0 Å². The minimum Gasteiger partial charge on any atom is -0.0733 e. The second-order valence-corrected chi connectivity index (χ2v) is 5.53. The molecular formula is C16H29. The van der Waals surface area contributed by atoms with Crippen molar-refractivity contribution in [3.8, 4) is 0 Å². The Kier molecular flexibility index (Phi) is 9.37. The molecule has 0 bridgehead atoms. The molecule has 1 radical (unpaired) electrons. The van der Waals surface area contributed by atoms with Crippen LogP contribution in [0.1, 0.15) is 66.2 Å². The van der Waals surface area contributed by atoms with Crippen LogP contribution in [0, 0.1) is 18.4 Å². The monoisotopic (exact) mass is 221 g/mol. The molecule has 1 unspecified atom stereocenters. The topological polar surface area (TPSA) is 0 Å². The van der Waals surface area contributed by atoms with E-state index in [0.29, 0.717) is 0 Å². The van der Waals surface area contributed by atoms with E-state index in [0.717, 1.165) is 11.8 Å². The van der Waals surface area contributed by atoms with Crippen LogP contribution in [0.4, 0.5) is 0 Å². The van der Waals surface area contributed by atoms with Crippen LogP contribution in [0.25, 0.3) is 0 Å². The predicted molar refractivity (Wildman–Crippen MR) is 74.3 cm³/mol. The Balaban J connectivity index is 3.46. The average Bonchev–Trinajstić information content (AvgIpc) is 2.17. The van der Waals surface area contributed by atoms with E-state index in [1.807, 2.05) is 6.08 Å². The molecule has 0 aliphatic carbocycles. The first kappa shape index (κ1) is 15.5. The predicted octanol–water partition coefficient (Wildman–Crippen LogP) is 5.55. The van der Waals surface area contributed by atoms with Gasteiger partial charge in [-0.15, -0.1) is 0 Å². The molecule has 0 spiro atoms. The molecule has 0 aromatic heterocycles. The zero-order valence-electron chi connectivity index (χ0n) is 11.6. The van der Waals surface area contributed by atoms with E-state index in [1.165, 1.54) is 44.1 Å². The number of hydrogen-bond donors (Lipinski definition) is 0. The number of allylic oxidation sites excluding steroid dienone is 3. The van der Waals surface area contributed by atoms with E-state index in [2.05, 4.69) is 27.7 Å². The van der Waals surface area contributed by atoms with E-state index in [4.69, 9.17) is 6.58 Å². The quantitative estimate of drug-likeness (QED) is 0.447. The van der Waals surface area contributed by atoms with Crippen molar-refractivity contribution in [2.24, 2.45) is 11.8 Å². The molecule has 0 aliphatic rings. The van der Waals surface area contributed by atoms with Crippen molar-refractivity contribution < 1.29 is 0 Å². The van der Waals surface area contributed by atoms with Crippen LogP contribution in [0.15, 0.2) is 17.7 Å². The van der Waals surface area contributed by atoms with Gasteiger partial charge in [0.05, 0.1) is 0 Å². The summed E-state index contributed by atoms with van der Waals surface area (Å²) in [5.41, 5.74) is 1.40. The molecule has 93 valence electrons. The smallest absolute Gasteiger partial charge is 0.0320 e. The lowest BCUT2D eigenvalue weighted by atomic mass is 9.94.